The molecule has 0 bridgehead atoms. The molecule has 1 aliphatic rings. The lowest BCUT2D eigenvalue weighted by Crippen LogP contribution is -2.41. The molecule has 0 saturated carbocycles. The molecular weight excluding hydrogens is 291 g/mol. The summed E-state index contributed by atoms with van der Waals surface area (Å²) in [6, 6.07) is 13.7. The van der Waals surface area contributed by atoms with Gasteiger partial charge in [0, 0.05) is 12.7 Å². The van der Waals surface area contributed by atoms with Crippen LogP contribution in [0.4, 0.5) is 11.4 Å². The molecule has 120 valence electrons. The quantitative estimate of drug-likeness (QED) is 0.583. The predicted octanol–water partition coefficient (Wildman–Crippen LogP) is 2.17. The molecular formula is C17H21BN2O3. The van der Waals surface area contributed by atoms with Gasteiger partial charge in [-0.2, -0.15) is 0 Å². The second-order valence-electron chi connectivity index (χ2n) is 5.83. The summed E-state index contributed by atoms with van der Waals surface area (Å²) in [5.74, 6) is 0.820. The SMILES string of the molecule is CC(C)Oc1cccc(NNc2ccc3c(c2)B(O)OCC3)c1. The number of hydrogen-bond acceptors (Lipinski definition) is 5. The highest BCUT2D eigenvalue weighted by atomic mass is 16.5. The summed E-state index contributed by atoms with van der Waals surface area (Å²) in [7, 11) is -0.844. The van der Waals surface area contributed by atoms with E-state index in [9.17, 15) is 5.02 Å². The zero-order chi connectivity index (χ0) is 16.2. The Kier molecular flexibility index (Phi) is 4.74. The van der Waals surface area contributed by atoms with Gasteiger partial charge in [-0.3, -0.25) is 0 Å². The minimum absolute atomic E-state index is 0.139. The van der Waals surface area contributed by atoms with Crippen molar-refractivity contribution in [3.05, 3.63) is 48.0 Å². The maximum Gasteiger partial charge on any atom is 0.491 e. The Hall–Kier alpha value is -2.18. The zero-order valence-electron chi connectivity index (χ0n) is 13.4. The molecule has 3 N–H and O–H groups in total. The molecule has 3 rings (SSSR count). The van der Waals surface area contributed by atoms with Gasteiger partial charge >= 0.3 is 7.12 Å². The van der Waals surface area contributed by atoms with Crippen LogP contribution in [0.3, 0.4) is 0 Å². The lowest BCUT2D eigenvalue weighted by atomic mass is 9.73. The van der Waals surface area contributed by atoms with Crippen LogP contribution in [0.2, 0.25) is 0 Å². The van der Waals surface area contributed by atoms with Crippen LogP contribution < -0.4 is 21.1 Å². The molecule has 0 unspecified atom stereocenters. The van der Waals surface area contributed by atoms with Gasteiger partial charge in [-0.05, 0) is 55.6 Å². The van der Waals surface area contributed by atoms with Crippen molar-refractivity contribution in [2.24, 2.45) is 0 Å². The van der Waals surface area contributed by atoms with E-state index >= 15 is 0 Å². The maximum absolute atomic E-state index is 9.90. The Morgan fingerprint density at radius 3 is 2.70 bits per heavy atom. The van der Waals surface area contributed by atoms with E-state index in [-0.39, 0.29) is 6.10 Å². The standard InChI is InChI=1S/C17H21BN2O3/c1-12(2)23-16-5-3-4-14(10-16)19-20-15-7-6-13-8-9-22-18(21)17(13)11-15/h3-7,10-12,19-21H,8-9H2,1-2H3. The van der Waals surface area contributed by atoms with Gasteiger partial charge in [0.2, 0.25) is 0 Å². The summed E-state index contributed by atoms with van der Waals surface area (Å²) in [6.45, 7) is 4.56. The maximum atomic E-state index is 9.90. The minimum atomic E-state index is -0.844. The molecule has 0 aliphatic carbocycles. The lowest BCUT2D eigenvalue weighted by molar-refractivity contribution is 0.242. The molecule has 23 heavy (non-hydrogen) atoms. The van der Waals surface area contributed by atoms with Crippen LogP contribution >= 0.6 is 0 Å². The van der Waals surface area contributed by atoms with E-state index in [1.54, 1.807) is 0 Å². The lowest BCUT2D eigenvalue weighted by Gasteiger charge is -2.20. The van der Waals surface area contributed by atoms with Crippen molar-refractivity contribution in [2.45, 2.75) is 26.4 Å². The smallest absolute Gasteiger partial charge is 0.491 e. The van der Waals surface area contributed by atoms with Gasteiger partial charge in [0.1, 0.15) is 5.75 Å². The number of anilines is 2. The van der Waals surface area contributed by atoms with E-state index in [0.29, 0.717) is 6.61 Å². The van der Waals surface area contributed by atoms with E-state index in [1.165, 1.54) is 0 Å². The Labute approximate surface area is 136 Å². The summed E-state index contributed by atoms with van der Waals surface area (Å²) in [4.78, 5) is 0. The molecule has 2 aromatic rings. The minimum Gasteiger partial charge on any atom is -0.491 e. The van der Waals surface area contributed by atoms with Gasteiger partial charge < -0.3 is 25.3 Å². The zero-order valence-corrected chi connectivity index (χ0v) is 13.4. The topological polar surface area (TPSA) is 62.8 Å². The van der Waals surface area contributed by atoms with Gasteiger partial charge in [0.15, 0.2) is 0 Å². The van der Waals surface area contributed by atoms with Gasteiger partial charge in [0.25, 0.3) is 0 Å². The van der Waals surface area contributed by atoms with E-state index < -0.39 is 7.12 Å². The highest BCUT2D eigenvalue weighted by Gasteiger charge is 2.24. The summed E-state index contributed by atoms with van der Waals surface area (Å²) in [6.07, 6.45) is 0.967. The molecule has 2 aromatic carbocycles. The third kappa shape index (κ3) is 3.97. The van der Waals surface area contributed by atoms with E-state index in [0.717, 1.165) is 34.6 Å². The summed E-state index contributed by atoms with van der Waals surface area (Å²) in [5, 5.41) is 9.90. The largest absolute Gasteiger partial charge is 0.491 e. The summed E-state index contributed by atoms with van der Waals surface area (Å²) in [5.41, 5.74) is 9.99. The second-order valence-corrected chi connectivity index (χ2v) is 5.83. The van der Waals surface area contributed by atoms with Crippen molar-refractivity contribution < 1.29 is 14.4 Å². The number of hydrazine groups is 1. The van der Waals surface area contributed by atoms with Crippen molar-refractivity contribution >= 4 is 24.0 Å². The highest BCUT2D eigenvalue weighted by Crippen LogP contribution is 2.19. The van der Waals surface area contributed by atoms with Gasteiger partial charge in [0.05, 0.1) is 17.5 Å². The summed E-state index contributed by atoms with van der Waals surface area (Å²) >= 11 is 0. The predicted molar refractivity (Wildman–Crippen MR) is 93.2 cm³/mol. The van der Waals surface area contributed by atoms with E-state index in [4.69, 9.17) is 9.39 Å². The number of benzene rings is 2. The number of nitrogens with one attached hydrogen (secondary N) is 2. The van der Waals surface area contributed by atoms with Crippen molar-refractivity contribution in [1.29, 1.82) is 0 Å². The van der Waals surface area contributed by atoms with Crippen LogP contribution in [0, 0.1) is 0 Å². The number of rotatable bonds is 5. The van der Waals surface area contributed by atoms with Crippen molar-refractivity contribution in [3.8, 4) is 5.75 Å². The van der Waals surface area contributed by atoms with Gasteiger partial charge in [-0.15, -0.1) is 0 Å². The molecule has 0 radical (unpaired) electrons. The Morgan fingerprint density at radius 1 is 1.13 bits per heavy atom. The molecule has 0 spiro atoms. The van der Waals surface area contributed by atoms with Crippen molar-refractivity contribution in [3.63, 3.8) is 0 Å². The fraction of sp³-hybridized carbons (Fsp3) is 0.294. The van der Waals surface area contributed by atoms with Gasteiger partial charge in [-0.1, -0.05) is 12.1 Å². The van der Waals surface area contributed by atoms with Crippen LogP contribution in [-0.2, 0) is 11.1 Å². The Bertz CT molecular complexity index is 679. The normalized spacial score (nSPS) is 13.7. The van der Waals surface area contributed by atoms with E-state index in [2.05, 4.69) is 10.9 Å². The van der Waals surface area contributed by atoms with Crippen molar-refractivity contribution in [2.75, 3.05) is 17.5 Å². The Morgan fingerprint density at radius 2 is 1.91 bits per heavy atom. The first-order chi connectivity index (χ1) is 11.1. The summed E-state index contributed by atoms with van der Waals surface area (Å²) < 4.78 is 10.9. The van der Waals surface area contributed by atoms with E-state index in [1.807, 2.05) is 56.3 Å². The van der Waals surface area contributed by atoms with Crippen LogP contribution in [0.25, 0.3) is 0 Å². The van der Waals surface area contributed by atoms with Crippen LogP contribution in [0.5, 0.6) is 5.75 Å². The third-order valence-corrected chi connectivity index (χ3v) is 3.62. The molecule has 0 aromatic heterocycles. The highest BCUT2D eigenvalue weighted by molar-refractivity contribution is 6.61. The van der Waals surface area contributed by atoms with Crippen LogP contribution in [0.1, 0.15) is 19.4 Å². The first-order valence-corrected chi connectivity index (χ1v) is 7.83. The molecule has 0 atom stereocenters. The fourth-order valence-electron chi connectivity index (χ4n) is 2.56. The van der Waals surface area contributed by atoms with Crippen LogP contribution in [-0.4, -0.2) is 24.9 Å². The molecule has 0 saturated heterocycles. The molecule has 5 nitrogen and oxygen atoms in total. The molecule has 0 amide bonds. The first kappa shape index (κ1) is 15.7. The molecule has 0 fully saturated rings. The first-order valence-electron chi connectivity index (χ1n) is 7.83. The second kappa shape index (κ2) is 6.94. The molecule has 6 heteroatoms. The number of ether oxygens (including phenoxy) is 1. The molecule has 1 heterocycles. The Balaban J connectivity index is 1.68. The fourth-order valence-corrected chi connectivity index (χ4v) is 2.56. The average molecular weight is 312 g/mol. The number of hydrogen-bond donors (Lipinski definition) is 3. The monoisotopic (exact) mass is 312 g/mol. The number of fused-ring (bicyclic) bond motifs is 1. The molecule has 1 aliphatic heterocycles. The average Bonchev–Trinajstić information content (AvgIpc) is 2.53. The van der Waals surface area contributed by atoms with Crippen molar-refractivity contribution in [1.82, 2.24) is 0 Å². The van der Waals surface area contributed by atoms with Gasteiger partial charge in [-0.25, -0.2) is 0 Å². The van der Waals surface area contributed by atoms with Crippen LogP contribution in [0.15, 0.2) is 42.5 Å². The third-order valence-electron chi connectivity index (χ3n) is 3.62.